The largest absolute Gasteiger partial charge is 0.493 e. The lowest BCUT2D eigenvalue weighted by molar-refractivity contribution is 0.354. The molecule has 26 heavy (non-hydrogen) atoms. The summed E-state index contributed by atoms with van der Waals surface area (Å²) >= 11 is 3.51. The standard InChI is InChI=1S/C19H27BrN4O2/c1-21-19(24(3)13-16-11-15(20)12-23(16)2)22-9-8-14-6-7-17(25-4)18(10-14)26-5/h6-7,10-12H,8-9,13H2,1-5H3,(H,21,22). The van der Waals surface area contributed by atoms with Crippen molar-refractivity contribution in [1.82, 2.24) is 14.8 Å². The van der Waals surface area contributed by atoms with Crippen LogP contribution in [-0.2, 0) is 20.0 Å². The minimum Gasteiger partial charge on any atom is -0.493 e. The molecule has 0 aliphatic heterocycles. The van der Waals surface area contributed by atoms with E-state index in [1.54, 1.807) is 21.3 Å². The molecule has 0 saturated heterocycles. The second kappa shape index (κ2) is 9.52. The molecule has 0 unspecified atom stereocenters. The van der Waals surface area contributed by atoms with Crippen LogP contribution in [-0.4, -0.2) is 50.3 Å². The van der Waals surface area contributed by atoms with Crippen LogP contribution in [0.4, 0.5) is 0 Å². The minimum absolute atomic E-state index is 0.744. The van der Waals surface area contributed by atoms with Gasteiger partial charge in [0.05, 0.1) is 20.8 Å². The molecule has 1 N–H and O–H groups in total. The molecule has 0 amide bonds. The van der Waals surface area contributed by atoms with Gasteiger partial charge < -0.3 is 24.3 Å². The number of rotatable bonds is 7. The zero-order valence-corrected chi connectivity index (χ0v) is 17.6. The summed E-state index contributed by atoms with van der Waals surface area (Å²) < 4.78 is 13.8. The van der Waals surface area contributed by atoms with Crippen LogP contribution in [0.3, 0.4) is 0 Å². The van der Waals surface area contributed by atoms with Crippen molar-refractivity contribution in [3.63, 3.8) is 0 Å². The second-order valence-electron chi connectivity index (χ2n) is 6.03. The molecule has 0 spiro atoms. The fourth-order valence-electron chi connectivity index (χ4n) is 2.78. The van der Waals surface area contributed by atoms with E-state index >= 15 is 0 Å². The predicted molar refractivity (Wildman–Crippen MR) is 109 cm³/mol. The van der Waals surface area contributed by atoms with Gasteiger partial charge in [0, 0.05) is 44.1 Å². The van der Waals surface area contributed by atoms with Crippen LogP contribution >= 0.6 is 15.9 Å². The molecule has 2 rings (SSSR count). The van der Waals surface area contributed by atoms with Crippen molar-refractivity contribution in [3.05, 3.63) is 46.2 Å². The molecule has 7 heteroatoms. The van der Waals surface area contributed by atoms with Crippen molar-refractivity contribution in [2.75, 3.05) is 34.9 Å². The highest BCUT2D eigenvalue weighted by molar-refractivity contribution is 9.10. The van der Waals surface area contributed by atoms with E-state index in [0.29, 0.717) is 0 Å². The van der Waals surface area contributed by atoms with Crippen LogP contribution in [0.1, 0.15) is 11.3 Å². The Labute approximate surface area is 163 Å². The number of aromatic nitrogens is 1. The lowest BCUT2D eigenvalue weighted by Gasteiger charge is -2.22. The molecular formula is C19H27BrN4O2. The second-order valence-corrected chi connectivity index (χ2v) is 6.95. The summed E-state index contributed by atoms with van der Waals surface area (Å²) in [7, 11) is 9.17. The van der Waals surface area contributed by atoms with Gasteiger partial charge in [-0.25, -0.2) is 0 Å². The van der Waals surface area contributed by atoms with Gasteiger partial charge in [-0.3, -0.25) is 4.99 Å². The zero-order chi connectivity index (χ0) is 19.1. The SMILES string of the molecule is CN=C(NCCc1ccc(OC)c(OC)c1)N(C)Cc1cc(Br)cn1C. The van der Waals surface area contributed by atoms with E-state index < -0.39 is 0 Å². The van der Waals surface area contributed by atoms with Gasteiger partial charge in [0.15, 0.2) is 17.5 Å². The Hall–Kier alpha value is -2.15. The van der Waals surface area contributed by atoms with Gasteiger partial charge in [0.2, 0.25) is 0 Å². The topological polar surface area (TPSA) is 51.0 Å². The van der Waals surface area contributed by atoms with Crippen LogP contribution in [0, 0.1) is 0 Å². The lowest BCUT2D eigenvalue weighted by Crippen LogP contribution is -2.39. The van der Waals surface area contributed by atoms with Gasteiger partial charge >= 0.3 is 0 Å². The molecule has 0 fully saturated rings. The molecule has 0 aliphatic carbocycles. The van der Waals surface area contributed by atoms with Gasteiger partial charge in [-0.1, -0.05) is 6.07 Å². The molecule has 0 saturated carbocycles. The first-order chi connectivity index (χ1) is 12.5. The molecule has 6 nitrogen and oxygen atoms in total. The van der Waals surface area contributed by atoms with Crippen molar-refractivity contribution in [2.45, 2.75) is 13.0 Å². The number of aliphatic imine (C=N–C) groups is 1. The number of hydrogen-bond donors (Lipinski definition) is 1. The Morgan fingerprint density at radius 2 is 1.96 bits per heavy atom. The van der Waals surface area contributed by atoms with Crippen LogP contribution in [0.15, 0.2) is 39.9 Å². The van der Waals surface area contributed by atoms with Crippen molar-refractivity contribution in [1.29, 1.82) is 0 Å². The molecule has 2 aromatic rings. The van der Waals surface area contributed by atoms with Crippen LogP contribution in [0.2, 0.25) is 0 Å². The van der Waals surface area contributed by atoms with E-state index in [-0.39, 0.29) is 0 Å². The summed E-state index contributed by atoms with van der Waals surface area (Å²) in [4.78, 5) is 6.49. The van der Waals surface area contributed by atoms with Crippen LogP contribution < -0.4 is 14.8 Å². The number of halogens is 1. The maximum atomic E-state index is 5.36. The normalized spacial score (nSPS) is 11.4. The molecule has 0 radical (unpaired) electrons. The van der Waals surface area contributed by atoms with Crippen molar-refractivity contribution in [2.24, 2.45) is 12.0 Å². The third kappa shape index (κ3) is 5.17. The fourth-order valence-corrected chi connectivity index (χ4v) is 3.35. The molecule has 1 aromatic heterocycles. The molecule has 0 bridgehead atoms. The van der Waals surface area contributed by atoms with E-state index in [4.69, 9.17) is 9.47 Å². The highest BCUT2D eigenvalue weighted by Crippen LogP contribution is 2.27. The Bertz CT molecular complexity index is 758. The highest BCUT2D eigenvalue weighted by Gasteiger charge is 2.10. The highest BCUT2D eigenvalue weighted by atomic mass is 79.9. The molecular weight excluding hydrogens is 396 g/mol. The summed E-state index contributed by atoms with van der Waals surface area (Å²) in [5.74, 6) is 2.36. The Morgan fingerprint density at radius 3 is 2.54 bits per heavy atom. The average Bonchev–Trinajstić information content (AvgIpc) is 2.95. The van der Waals surface area contributed by atoms with E-state index in [1.807, 2.05) is 26.2 Å². The Morgan fingerprint density at radius 1 is 1.23 bits per heavy atom. The molecule has 1 aromatic carbocycles. The van der Waals surface area contributed by atoms with Gasteiger partial charge in [0.25, 0.3) is 0 Å². The van der Waals surface area contributed by atoms with E-state index in [2.05, 4.69) is 54.0 Å². The first-order valence-corrected chi connectivity index (χ1v) is 9.21. The first kappa shape index (κ1) is 20.2. The smallest absolute Gasteiger partial charge is 0.193 e. The maximum Gasteiger partial charge on any atom is 0.193 e. The van der Waals surface area contributed by atoms with Crippen molar-refractivity contribution >= 4 is 21.9 Å². The quantitative estimate of drug-likeness (QED) is 0.550. The lowest BCUT2D eigenvalue weighted by atomic mass is 10.1. The molecule has 0 aliphatic rings. The van der Waals surface area contributed by atoms with E-state index in [0.717, 1.165) is 41.4 Å². The number of nitrogens with zero attached hydrogens (tertiary/aromatic N) is 3. The van der Waals surface area contributed by atoms with Crippen LogP contribution in [0.25, 0.3) is 0 Å². The number of nitrogens with one attached hydrogen (secondary N) is 1. The first-order valence-electron chi connectivity index (χ1n) is 8.42. The number of guanidine groups is 1. The van der Waals surface area contributed by atoms with Crippen LogP contribution in [0.5, 0.6) is 11.5 Å². The third-order valence-electron chi connectivity index (χ3n) is 4.19. The zero-order valence-electron chi connectivity index (χ0n) is 16.0. The third-order valence-corrected chi connectivity index (χ3v) is 4.63. The Kier molecular flexibility index (Phi) is 7.38. The summed E-state index contributed by atoms with van der Waals surface area (Å²) in [6.07, 6.45) is 2.92. The number of methoxy groups -OCH3 is 2. The van der Waals surface area contributed by atoms with E-state index in [9.17, 15) is 0 Å². The maximum absolute atomic E-state index is 5.36. The van der Waals surface area contributed by atoms with Gasteiger partial charge in [-0.15, -0.1) is 0 Å². The number of hydrogen-bond acceptors (Lipinski definition) is 3. The predicted octanol–water partition coefficient (Wildman–Crippen LogP) is 3.05. The fraction of sp³-hybridized carbons (Fsp3) is 0.421. The minimum atomic E-state index is 0.744. The number of benzene rings is 1. The van der Waals surface area contributed by atoms with Crippen molar-refractivity contribution < 1.29 is 9.47 Å². The number of aryl methyl sites for hydroxylation is 1. The summed E-state index contributed by atoms with van der Waals surface area (Å²) in [5.41, 5.74) is 2.39. The molecule has 142 valence electrons. The van der Waals surface area contributed by atoms with Crippen molar-refractivity contribution in [3.8, 4) is 11.5 Å². The van der Waals surface area contributed by atoms with E-state index in [1.165, 1.54) is 11.3 Å². The monoisotopic (exact) mass is 422 g/mol. The molecule has 0 atom stereocenters. The average molecular weight is 423 g/mol. The van der Waals surface area contributed by atoms with Gasteiger partial charge in [0.1, 0.15) is 0 Å². The van der Waals surface area contributed by atoms with Gasteiger partial charge in [-0.2, -0.15) is 0 Å². The summed E-state index contributed by atoms with van der Waals surface area (Å²) in [5, 5.41) is 3.41. The van der Waals surface area contributed by atoms with Gasteiger partial charge in [-0.05, 0) is 46.1 Å². The summed E-state index contributed by atoms with van der Waals surface area (Å²) in [6, 6.07) is 8.11. The molecule has 1 heterocycles. The Balaban J connectivity index is 1.91. The summed E-state index contributed by atoms with van der Waals surface area (Å²) in [6.45, 7) is 1.56. The number of ether oxygens (including phenoxy) is 2.